The summed E-state index contributed by atoms with van der Waals surface area (Å²) in [5.41, 5.74) is 1.77. The molecule has 0 aliphatic rings. The number of fused-ring (bicyclic) bond motifs is 2. The van der Waals surface area contributed by atoms with Crippen LogP contribution in [0.3, 0.4) is 0 Å². The molecule has 0 bridgehead atoms. The minimum Gasteiger partial charge on any atom is -0.496 e. The second-order valence-electron chi connectivity index (χ2n) is 6.70. The Morgan fingerprint density at radius 2 is 1.77 bits per heavy atom. The maximum Gasteiger partial charge on any atom is 0.282 e. The molecule has 3 aromatic carbocycles. The molecule has 6 heteroatoms. The first kappa shape index (κ1) is 17.9. The first-order chi connectivity index (χ1) is 14.7. The van der Waals surface area contributed by atoms with Gasteiger partial charge in [-0.2, -0.15) is 9.78 Å². The van der Waals surface area contributed by atoms with Gasteiger partial charge in [0.1, 0.15) is 11.3 Å². The molecule has 0 amide bonds. The summed E-state index contributed by atoms with van der Waals surface area (Å²) in [5, 5.41) is 5.87. The molecule has 5 aromatic rings. The number of hydrogen-bond donors (Lipinski definition) is 0. The van der Waals surface area contributed by atoms with Gasteiger partial charge in [-0.1, -0.05) is 42.5 Å². The van der Waals surface area contributed by atoms with Crippen molar-refractivity contribution in [3.63, 3.8) is 0 Å². The lowest BCUT2D eigenvalue weighted by molar-refractivity contribution is 0.414. The Balaban J connectivity index is 1.75. The highest BCUT2D eigenvalue weighted by Gasteiger charge is 2.16. The molecule has 0 atom stereocenters. The Kier molecular flexibility index (Phi) is 4.37. The molecule has 0 spiro atoms. The van der Waals surface area contributed by atoms with E-state index in [2.05, 4.69) is 10.1 Å². The summed E-state index contributed by atoms with van der Waals surface area (Å²) in [6.07, 6.45) is 1.59. The fraction of sp³-hybridized carbons (Fsp3) is 0.0417. The fourth-order valence-electron chi connectivity index (χ4n) is 3.38. The highest BCUT2D eigenvalue weighted by molar-refractivity contribution is 5.85. The van der Waals surface area contributed by atoms with Crippen LogP contribution in [0.1, 0.15) is 5.56 Å². The average molecular weight is 395 g/mol. The van der Waals surface area contributed by atoms with E-state index in [1.165, 1.54) is 4.68 Å². The lowest BCUT2D eigenvalue weighted by Crippen LogP contribution is -2.20. The van der Waals surface area contributed by atoms with E-state index in [1.807, 2.05) is 60.7 Å². The number of nitrogens with zero attached hydrogens (tertiary/aromatic N) is 3. The van der Waals surface area contributed by atoms with E-state index in [-0.39, 0.29) is 5.56 Å². The number of methoxy groups -OCH3 is 1. The number of benzene rings is 3. The van der Waals surface area contributed by atoms with Crippen molar-refractivity contribution in [2.24, 2.45) is 5.10 Å². The molecule has 0 fully saturated rings. The summed E-state index contributed by atoms with van der Waals surface area (Å²) in [4.78, 5) is 17.9. The third-order valence-corrected chi connectivity index (χ3v) is 4.85. The molecular formula is C24H17N3O3. The smallest absolute Gasteiger partial charge is 0.282 e. The molecule has 6 nitrogen and oxygen atoms in total. The minimum atomic E-state index is -0.276. The largest absolute Gasteiger partial charge is 0.496 e. The van der Waals surface area contributed by atoms with Crippen LogP contribution in [0.25, 0.3) is 33.5 Å². The molecule has 0 saturated carbocycles. The van der Waals surface area contributed by atoms with Gasteiger partial charge in [-0.05, 0) is 36.4 Å². The molecule has 2 heterocycles. The van der Waals surface area contributed by atoms with Crippen LogP contribution in [-0.4, -0.2) is 23.0 Å². The van der Waals surface area contributed by atoms with Crippen LogP contribution >= 0.6 is 0 Å². The zero-order chi connectivity index (χ0) is 20.5. The second-order valence-corrected chi connectivity index (χ2v) is 6.70. The Morgan fingerprint density at radius 1 is 1.00 bits per heavy atom. The molecule has 5 rings (SSSR count). The monoisotopic (exact) mass is 395 g/mol. The molecule has 0 radical (unpaired) electrons. The quantitative estimate of drug-likeness (QED) is 0.414. The van der Waals surface area contributed by atoms with Crippen LogP contribution in [0.5, 0.6) is 5.75 Å². The highest BCUT2D eigenvalue weighted by Crippen LogP contribution is 2.27. The summed E-state index contributed by atoms with van der Waals surface area (Å²) in [5.74, 6) is 1.46. The Labute approximate surface area is 171 Å². The molecular weight excluding hydrogens is 378 g/mol. The third-order valence-electron chi connectivity index (χ3n) is 4.85. The van der Waals surface area contributed by atoms with Crippen molar-refractivity contribution < 1.29 is 9.15 Å². The number of para-hydroxylation sites is 3. The summed E-state index contributed by atoms with van der Waals surface area (Å²) in [6, 6.07) is 24.2. The van der Waals surface area contributed by atoms with Gasteiger partial charge >= 0.3 is 0 Å². The lowest BCUT2D eigenvalue weighted by Gasteiger charge is -2.08. The topological polar surface area (TPSA) is 69.6 Å². The minimum absolute atomic E-state index is 0.276. The van der Waals surface area contributed by atoms with Crippen LogP contribution in [0.4, 0.5) is 0 Å². The van der Waals surface area contributed by atoms with Gasteiger partial charge in [0.05, 0.1) is 24.2 Å². The first-order valence-electron chi connectivity index (χ1n) is 9.43. The van der Waals surface area contributed by atoms with Crippen molar-refractivity contribution >= 4 is 28.1 Å². The summed E-state index contributed by atoms with van der Waals surface area (Å²) in [7, 11) is 1.59. The van der Waals surface area contributed by atoms with Gasteiger partial charge in [0.2, 0.25) is 5.82 Å². The predicted octanol–water partition coefficient (Wildman–Crippen LogP) is 4.70. The summed E-state index contributed by atoms with van der Waals surface area (Å²) < 4.78 is 12.6. The van der Waals surface area contributed by atoms with Crippen LogP contribution < -0.4 is 10.3 Å². The maximum absolute atomic E-state index is 13.2. The molecule has 0 aliphatic heterocycles. The number of furan rings is 1. The number of aromatic nitrogens is 2. The highest BCUT2D eigenvalue weighted by atomic mass is 16.5. The van der Waals surface area contributed by atoms with Gasteiger partial charge in [-0.15, -0.1) is 0 Å². The Morgan fingerprint density at radius 3 is 2.63 bits per heavy atom. The number of rotatable bonds is 4. The van der Waals surface area contributed by atoms with Crippen LogP contribution in [0.2, 0.25) is 0 Å². The van der Waals surface area contributed by atoms with Crippen LogP contribution in [-0.2, 0) is 0 Å². The molecule has 0 saturated heterocycles. The average Bonchev–Trinajstić information content (AvgIpc) is 3.23. The normalized spacial score (nSPS) is 11.5. The second kappa shape index (κ2) is 7.33. The van der Waals surface area contributed by atoms with E-state index in [4.69, 9.17) is 9.15 Å². The third kappa shape index (κ3) is 3.04. The predicted molar refractivity (Wildman–Crippen MR) is 117 cm³/mol. The fourth-order valence-corrected chi connectivity index (χ4v) is 3.38. The van der Waals surface area contributed by atoms with Gasteiger partial charge in [0.15, 0.2) is 5.76 Å². The van der Waals surface area contributed by atoms with E-state index in [0.29, 0.717) is 28.2 Å². The molecule has 0 unspecified atom stereocenters. The van der Waals surface area contributed by atoms with Crippen molar-refractivity contribution in [3.05, 3.63) is 94.8 Å². The summed E-state index contributed by atoms with van der Waals surface area (Å²) >= 11 is 0. The van der Waals surface area contributed by atoms with Crippen molar-refractivity contribution in [3.8, 4) is 17.3 Å². The van der Waals surface area contributed by atoms with Gasteiger partial charge in [-0.3, -0.25) is 4.79 Å². The van der Waals surface area contributed by atoms with Gasteiger partial charge in [0.25, 0.3) is 5.56 Å². The summed E-state index contributed by atoms with van der Waals surface area (Å²) in [6.45, 7) is 0. The standard InChI is InChI=1S/C24H17N3O3/c1-29-20-12-6-3-9-17(20)15-25-27-23(22-14-16-8-2-7-13-21(16)30-22)26-19-11-5-4-10-18(19)24(27)28/h2-15H,1H3. The first-order valence-corrected chi connectivity index (χ1v) is 9.43. The van der Waals surface area contributed by atoms with Crippen molar-refractivity contribution in [1.29, 1.82) is 0 Å². The SMILES string of the molecule is COc1ccccc1C=Nn1c(-c2cc3ccccc3o2)nc2ccccc2c1=O. The van der Waals surface area contributed by atoms with Gasteiger partial charge < -0.3 is 9.15 Å². The van der Waals surface area contributed by atoms with Crippen LogP contribution in [0, 0.1) is 0 Å². The molecule has 0 aliphatic carbocycles. The van der Waals surface area contributed by atoms with Crippen molar-refractivity contribution in [2.45, 2.75) is 0 Å². The maximum atomic E-state index is 13.2. The van der Waals surface area contributed by atoms with E-state index >= 15 is 0 Å². The molecule has 30 heavy (non-hydrogen) atoms. The van der Waals surface area contributed by atoms with Crippen LogP contribution in [0.15, 0.2) is 93.2 Å². The molecule has 0 N–H and O–H groups in total. The zero-order valence-corrected chi connectivity index (χ0v) is 16.1. The van der Waals surface area contributed by atoms with Crippen molar-refractivity contribution in [2.75, 3.05) is 7.11 Å². The lowest BCUT2D eigenvalue weighted by atomic mass is 10.2. The van der Waals surface area contributed by atoms with E-state index in [9.17, 15) is 4.79 Å². The number of ether oxygens (including phenoxy) is 1. The van der Waals surface area contributed by atoms with E-state index < -0.39 is 0 Å². The van der Waals surface area contributed by atoms with Gasteiger partial charge in [-0.25, -0.2) is 4.98 Å². The Bertz CT molecular complexity index is 1430. The van der Waals surface area contributed by atoms with E-state index in [1.54, 1.807) is 31.5 Å². The zero-order valence-electron chi connectivity index (χ0n) is 16.1. The van der Waals surface area contributed by atoms with Crippen molar-refractivity contribution in [1.82, 2.24) is 9.66 Å². The van der Waals surface area contributed by atoms with Gasteiger partial charge in [0, 0.05) is 10.9 Å². The Hall–Kier alpha value is -4.19. The number of hydrogen-bond acceptors (Lipinski definition) is 5. The molecule has 146 valence electrons. The van der Waals surface area contributed by atoms with E-state index in [0.717, 1.165) is 16.5 Å². The molecule has 2 aromatic heterocycles.